The van der Waals surface area contributed by atoms with Crippen molar-refractivity contribution in [3.63, 3.8) is 0 Å². The zero-order chi connectivity index (χ0) is 25.6. The number of hydrogen-bond donors (Lipinski definition) is 0. The molecule has 0 saturated carbocycles. The number of hydrogen-bond acceptors (Lipinski definition) is 2. The summed E-state index contributed by atoms with van der Waals surface area (Å²) in [4.78, 5) is 2.41. The Kier molecular flexibility index (Phi) is 9.87. The van der Waals surface area contributed by atoms with E-state index < -0.39 is 7.81 Å². The van der Waals surface area contributed by atoms with Crippen molar-refractivity contribution in [1.82, 2.24) is 4.90 Å². The molecule has 0 bridgehead atoms. The zero-order valence-corrected chi connectivity index (χ0v) is 21.2. The van der Waals surface area contributed by atoms with E-state index >= 15 is 0 Å². The van der Waals surface area contributed by atoms with Gasteiger partial charge in [0, 0.05) is 18.3 Å². The van der Waals surface area contributed by atoms with Crippen LogP contribution in [0.1, 0.15) is 61.0 Å². The van der Waals surface area contributed by atoms with Crippen LogP contribution in [0, 0.1) is 0 Å². The van der Waals surface area contributed by atoms with E-state index in [1.165, 1.54) is 11.1 Å². The maximum atomic E-state index is 9.87. The van der Waals surface area contributed by atoms with Gasteiger partial charge >= 0.3 is 33.0 Å². The number of benzene rings is 1. The number of ether oxygens (including phenoxy) is 1. The Balaban J connectivity index is 0.00000118. The Hall–Kier alpha value is -1.76. The Bertz CT molecular complexity index is 754. The summed E-state index contributed by atoms with van der Waals surface area (Å²) in [7, 11) is -8.95. The monoisotopic (exact) mass is 490 g/mol. The fraction of sp³-hybridized carbons (Fsp3) is 0.591. The number of rotatable bonds is 8. The molecule has 0 spiro atoms. The molecule has 0 saturated heterocycles. The Morgan fingerprint density at radius 1 is 0.812 bits per heavy atom. The summed E-state index contributed by atoms with van der Waals surface area (Å²) in [6.07, 6.45) is 4.60. The summed E-state index contributed by atoms with van der Waals surface area (Å²) in [5.41, 5.74) is 2.44. The van der Waals surface area contributed by atoms with Gasteiger partial charge in [0.1, 0.15) is 17.8 Å². The fourth-order valence-electron chi connectivity index (χ4n) is 3.08. The van der Waals surface area contributed by atoms with Crippen LogP contribution in [-0.2, 0) is 0 Å². The van der Waals surface area contributed by atoms with Crippen LogP contribution in [0.2, 0.25) is 0 Å². The molecule has 10 heteroatoms. The van der Waals surface area contributed by atoms with E-state index in [0.29, 0.717) is 24.2 Å². The third kappa shape index (κ3) is 14.3. The number of halogens is 6. The molecule has 1 rings (SSSR count). The standard InChI is InChI=1S/C22H37N2O.F6P/c1-16(2)23(17(3)4)14-21(15-24(18(5)6)19(7)8)20-10-12-22(25-9)13-11-20;1-7(2,3,4,5)6/h10-19H,1-9H3;/q+1;-1. The summed E-state index contributed by atoms with van der Waals surface area (Å²) in [6, 6.07) is 10.1. The van der Waals surface area contributed by atoms with Crippen molar-refractivity contribution in [1.29, 1.82) is 0 Å². The average Bonchev–Trinajstić information content (AvgIpc) is 2.58. The van der Waals surface area contributed by atoms with Gasteiger partial charge in [0.15, 0.2) is 6.21 Å². The van der Waals surface area contributed by atoms with Gasteiger partial charge in [-0.25, -0.2) is 4.58 Å². The Labute approximate surface area is 188 Å². The van der Waals surface area contributed by atoms with Crippen LogP contribution in [0.4, 0.5) is 25.2 Å². The summed E-state index contributed by atoms with van der Waals surface area (Å²) < 4.78 is 66.9. The molecule has 0 aliphatic rings. The van der Waals surface area contributed by atoms with Gasteiger partial charge in [-0.2, -0.15) is 0 Å². The second-order valence-corrected chi connectivity index (χ2v) is 10.6. The minimum absolute atomic E-state index is 0.452. The summed E-state index contributed by atoms with van der Waals surface area (Å²) in [5.74, 6) is 0.886. The maximum absolute atomic E-state index is 10.7. The molecule has 1 aromatic carbocycles. The zero-order valence-electron chi connectivity index (χ0n) is 20.3. The molecule has 0 aliphatic carbocycles. The first-order valence-electron chi connectivity index (χ1n) is 10.4. The van der Waals surface area contributed by atoms with E-state index in [-0.39, 0.29) is 0 Å². The molecule has 0 radical (unpaired) electrons. The van der Waals surface area contributed by atoms with Gasteiger partial charge in [-0.3, -0.25) is 0 Å². The summed E-state index contributed by atoms with van der Waals surface area (Å²) >= 11 is 0. The van der Waals surface area contributed by atoms with Gasteiger partial charge in [-0.1, -0.05) is 12.1 Å². The number of nitrogens with zero attached hydrogens (tertiary/aromatic N) is 2. The normalized spacial score (nSPS) is 14.7. The van der Waals surface area contributed by atoms with Crippen LogP contribution in [0.25, 0.3) is 5.57 Å². The first kappa shape index (κ1) is 30.2. The molecule has 3 nitrogen and oxygen atoms in total. The van der Waals surface area contributed by atoms with Gasteiger partial charge in [0.05, 0.1) is 12.7 Å². The van der Waals surface area contributed by atoms with Crippen molar-refractivity contribution in [2.45, 2.75) is 79.6 Å². The third-order valence-electron chi connectivity index (χ3n) is 4.38. The molecule has 0 aromatic heterocycles. The Morgan fingerprint density at radius 2 is 1.19 bits per heavy atom. The number of allylic oxidation sites excluding steroid dienone is 1. The quantitative estimate of drug-likeness (QED) is 0.157. The first-order chi connectivity index (χ1) is 14.1. The van der Waals surface area contributed by atoms with E-state index in [9.17, 15) is 25.2 Å². The SMILES string of the molecule is COc1ccc(/C(C=[N+](C(C)C)C(C)C)=C\N(C(C)C)C(C)C)cc1.F[P-](F)(F)(F)(F)F. The van der Waals surface area contributed by atoms with Crippen molar-refractivity contribution in [2.24, 2.45) is 0 Å². The molecule has 0 aliphatic heterocycles. The van der Waals surface area contributed by atoms with Crippen LogP contribution >= 0.6 is 7.81 Å². The van der Waals surface area contributed by atoms with Crippen molar-refractivity contribution < 1.29 is 34.5 Å². The van der Waals surface area contributed by atoms with Crippen LogP contribution < -0.4 is 4.74 Å². The van der Waals surface area contributed by atoms with Gasteiger partial charge in [-0.15, -0.1) is 0 Å². The molecular formula is C22H37F6N2OP. The van der Waals surface area contributed by atoms with E-state index in [1.807, 2.05) is 12.1 Å². The van der Waals surface area contributed by atoms with Crippen molar-refractivity contribution in [3.05, 3.63) is 36.0 Å². The van der Waals surface area contributed by atoms with Crippen molar-refractivity contribution in [2.75, 3.05) is 7.11 Å². The predicted octanol–water partition coefficient (Wildman–Crippen LogP) is 8.44. The Morgan fingerprint density at radius 3 is 1.47 bits per heavy atom. The van der Waals surface area contributed by atoms with Gasteiger partial charge in [-0.05, 0) is 73.1 Å². The number of methoxy groups -OCH3 is 1. The van der Waals surface area contributed by atoms with E-state index in [2.05, 4.69) is 89.4 Å². The topological polar surface area (TPSA) is 15.5 Å². The predicted molar refractivity (Wildman–Crippen MR) is 123 cm³/mol. The van der Waals surface area contributed by atoms with Crippen molar-refractivity contribution >= 4 is 19.6 Å². The second kappa shape index (κ2) is 10.4. The van der Waals surface area contributed by atoms with Gasteiger partial charge in [0.25, 0.3) is 0 Å². The van der Waals surface area contributed by atoms with E-state index in [4.69, 9.17) is 4.74 Å². The van der Waals surface area contributed by atoms with Gasteiger partial charge < -0.3 is 9.64 Å². The van der Waals surface area contributed by atoms with Crippen molar-refractivity contribution in [3.8, 4) is 5.75 Å². The summed E-state index contributed by atoms with van der Waals surface area (Å²) in [5, 5.41) is 0. The van der Waals surface area contributed by atoms with E-state index in [1.54, 1.807) is 7.11 Å². The van der Waals surface area contributed by atoms with Crippen LogP contribution in [0.15, 0.2) is 30.5 Å². The molecule has 0 N–H and O–H groups in total. The second-order valence-electron chi connectivity index (χ2n) is 8.67. The van der Waals surface area contributed by atoms with Gasteiger partial charge in [0.2, 0.25) is 0 Å². The molecular weight excluding hydrogens is 453 g/mol. The molecule has 32 heavy (non-hydrogen) atoms. The third-order valence-corrected chi connectivity index (χ3v) is 4.38. The van der Waals surface area contributed by atoms with Crippen LogP contribution in [0.3, 0.4) is 0 Å². The minimum atomic E-state index is -10.7. The molecule has 1 aromatic rings. The molecule has 0 fully saturated rings. The first-order valence-corrected chi connectivity index (χ1v) is 12.5. The van der Waals surface area contributed by atoms with Crippen LogP contribution in [0.5, 0.6) is 5.75 Å². The molecule has 0 heterocycles. The molecule has 188 valence electrons. The van der Waals surface area contributed by atoms with E-state index in [0.717, 1.165) is 5.75 Å². The summed E-state index contributed by atoms with van der Waals surface area (Å²) in [6.45, 7) is 17.9. The molecule has 0 amide bonds. The molecule has 0 unspecified atom stereocenters. The molecule has 0 atom stereocenters. The van der Waals surface area contributed by atoms with Crippen LogP contribution in [-0.4, -0.2) is 47.0 Å². The fourth-order valence-corrected chi connectivity index (χ4v) is 3.08. The average molecular weight is 491 g/mol.